The molecule has 4 N–H and O–H groups in total. The van der Waals surface area contributed by atoms with Crippen LogP contribution in [0.2, 0.25) is 0 Å². The van der Waals surface area contributed by atoms with Gasteiger partial charge in [0.15, 0.2) is 12.2 Å². The first-order valence-corrected chi connectivity index (χ1v) is 29.6. The fourth-order valence-electron chi connectivity index (χ4n) is 16.2. The number of esters is 2. The Morgan fingerprint density at radius 1 is 0.787 bits per heavy atom. The van der Waals surface area contributed by atoms with Crippen molar-refractivity contribution in [1.29, 1.82) is 0 Å². The molecule has 12 heteroatoms. The Morgan fingerprint density at radius 3 is 2.38 bits per heavy atom. The second-order valence-electron chi connectivity index (χ2n) is 24.2. The number of aryl methyl sites for hydroxylation is 1. The van der Waals surface area contributed by atoms with Crippen molar-refractivity contribution in [2.75, 3.05) is 26.6 Å². The highest BCUT2D eigenvalue weighted by Crippen LogP contribution is 2.61. The highest BCUT2D eigenvalue weighted by Gasteiger charge is 2.58. The van der Waals surface area contributed by atoms with E-state index in [1.54, 1.807) is 19.1 Å². The van der Waals surface area contributed by atoms with E-state index in [2.05, 4.69) is 91.0 Å². The van der Waals surface area contributed by atoms with Crippen LogP contribution in [0.1, 0.15) is 177 Å². The number of rotatable bonds is 10. The summed E-state index contributed by atoms with van der Waals surface area (Å²) in [6, 6.07) is 28.0. The van der Waals surface area contributed by atoms with Crippen LogP contribution in [-0.2, 0) is 48.7 Å². The molecule has 0 radical (unpaired) electrons. The van der Waals surface area contributed by atoms with E-state index in [4.69, 9.17) is 23.4 Å². The number of aliphatic hydroxyl groups excluding tert-OH is 4. The van der Waals surface area contributed by atoms with Crippen molar-refractivity contribution in [2.24, 2.45) is 23.7 Å². The number of aliphatic hydroxyl groups is 4. The van der Waals surface area contributed by atoms with Crippen molar-refractivity contribution in [3.63, 3.8) is 0 Å². The molecule has 2 saturated carbocycles. The number of ether oxygens (including phenoxy) is 4. The number of benzene rings is 4. The molecule has 8 aliphatic rings. The molecule has 4 heterocycles. The Morgan fingerprint density at radius 2 is 1.59 bits per heavy atom. The highest BCUT2D eigenvalue weighted by molar-refractivity contribution is 5.90. The van der Waals surface area contributed by atoms with Gasteiger partial charge in [0.25, 0.3) is 0 Å². The number of carbonyl (C=O) groups is 2. The maximum absolute atomic E-state index is 15.6. The third kappa shape index (κ3) is 9.40. The van der Waals surface area contributed by atoms with Crippen LogP contribution in [0, 0.1) is 23.7 Å². The van der Waals surface area contributed by atoms with Gasteiger partial charge in [-0.05, 0) is 158 Å². The van der Waals surface area contributed by atoms with Crippen LogP contribution in [0.3, 0.4) is 0 Å². The van der Waals surface area contributed by atoms with Crippen LogP contribution in [0.5, 0.6) is 5.75 Å². The summed E-state index contributed by atoms with van der Waals surface area (Å²) in [7, 11) is 0. The summed E-state index contributed by atoms with van der Waals surface area (Å²) in [5.41, 5.74) is 8.23. The number of carbonyl (C=O) groups excluding carboxylic acids is 2. The molecule has 2 fully saturated rings. The van der Waals surface area contributed by atoms with Gasteiger partial charge in [0.2, 0.25) is 0 Å². The fourth-order valence-corrected chi connectivity index (χ4v) is 16.2. The van der Waals surface area contributed by atoms with Crippen LogP contribution in [0.4, 0.5) is 0 Å². The fraction of sp³-hybridized carbons (Fsp3) is 0.485. The van der Waals surface area contributed by atoms with Gasteiger partial charge in [-0.15, -0.1) is 0 Å². The lowest BCUT2D eigenvalue weighted by Gasteiger charge is -2.55. The Kier molecular flexibility index (Phi) is 15.4. The second kappa shape index (κ2) is 22.7. The van der Waals surface area contributed by atoms with Crippen molar-refractivity contribution in [1.82, 2.24) is 0 Å². The maximum Gasteiger partial charge on any atom is 0.340 e. The Balaban J connectivity index is 0.991. The topological polar surface area (TPSA) is 182 Å². The minimum atomic E-state index is -1.35. The van der Waals surface area contributed by atoms with Gasteiger partial charge in [-0.3, -0.25) is 4.79 Å². The van der Waals surface area contributed by atoms with E-state index >= 15 is 9.59 Å². The van der Waals surface area contributed by atoms with Gasteiger partial charge in [0.1, 0.15) is 23.7 Å². The standard InChI is InChI=1S/C68H76O12/c1-40(36-70)50-27-20-41-18-21-42(22-19-41)51-28-24-44(52-15-9-17-57-53(52)29-26-49-14-8-13-48-25-23-43-10-6-7-16-56(43)68(48,49)57)34-46(51)35-59(73)77-63-61-58(80-67(2,64(63)79-65(50)74)47-11-4-3-5-12-47)31-30-54-55(37-71)60(66(75)78-62(54)61)45(32-33-69)38-76-39-72/h6-7,9-10,15-19,21-25,28,30-31,44-49,51,63-64,69-72H,3-5,8,11-14,20,26-27,29,32-39H2,1-2H3. The first kappa shape index (κ1) is 54.4. The zero-order valence-corrected chi connectivity index (χ0v) is 46.2. The lowest BCUT2D eigenvalue weighted by atomic mass is 9.48. The van der Waals surface area contributed by atoms with Crippen molar-refractivity contribution < 1.29 is 53.4 Å². The van der Waals surface area contributed by atoms with Crippen molar-refractivity contribution >= 4 is 29.0 Å². The van der Waals surface area contributed by atoms with E-state index in [9.17, 15) is 25.2 Å². The first-order chi connectivity index (χ1) is 39.0. The van der Waals surface area contributed by atoms with Gasteiger partial charge < -0.3 is 43.8 Å². The smallest absolute Gasteiger partial charge is 0.340 e. The van der Waals surface area contributed by atoms with Crippen molar-refractivity contribution in [2.45, 2.75) is 158 Å². The number of hydrogen-bond donors (Lipinski definition) is 4. The molecule has 0 saturated heterocycles. The summed E-state index contributed by atoms with van der Waals surface area (Å²) in [4.78, 5) is 45.2. The monoisotopic (exact) mass is 1080 g/mol. The molecule has 10 unspecified atom stereocenters. The SMILES string of the molecule is CC(CO)=C1CCc2ccc(cc2)C2C=CC(c3cccc4c3CCC3CCCC5C=Cc6ccccc6C453)CC2CC(=O)OC2c3c(ccc4c(CO)c(C(CCO)COCO)c(=O)oc34)OC(C)(C3CCCCC3)C2OC1=O. The molecule has 4 aromatic carbocycles. The third-order valence-electron chi connectivity index (χ3n) is 20.1. The molecule has 2 bridgehead atoms. The third-order valence-corrected chi connectivity index (χ3v) is 20.1. The predicted octanol–water partition coefficient (Wildman–Crippen LogP) is 11.4. The molecule has 10 atom stereocenters. The highest BCUT2D eigenvalue weighted by atomic mass is 16.6. The van der Waals surface area contributed by atoms with Crippen LogP contribution in [0.25, 0.3) is 17.0 Å². The number of fused-ring (bicyclic) bond motifs is 13. The maximum atomic E-state index is 15.6. The zero-order chi connectivity index (χ0) is 55.3. The van der Waals surface area contributed by atoms with Gasteiger partial charge in [-0.2, -0.15) is 0 Å². The summed E-state index contributed by atoms with van der Waals surface area (Å²) in [6.07, 6.45) is 18.6. The van der Waals surface area contributed by atoms with Crippen LogP contribution < -0.4 is 10.4 Å². The zero-order valence-electron chi connectivity index (χ0n) is 46.2. The minimum absolute atomic E-state index is 0.0114. The second-order valence-corrected chi connectivity index (χ2v) is 24.2. The van der Waals surface area contributed by atoms with Crippen LogP contribution in [-0.4, -0.2) is 70.7 Å². The van der Waals surface area contributed by atoms with E-state index < -0.39 is 54.7 Å². The summed E-state index contributed by atoms with van der Waals surface area (Å²) < 4.78 is 32.7. The number of hydrogen-bond acceptors (Lipinski definition) is 12. The Hall–Kier alpha value is -6.15. The van der Waals surface area contributed by atoms with Gasteiger partial charge in [-0.1, -0.05) is 117 Å². The Labute approximate surface area is 468 Å². The number of allylic oxidation sites excluding steroid dienone is 3. The first-order valence-electron chi connectivity index (χ1n) is 29.6. The lowest BCUT2D eigenvalue weighted by molar-refractivity contribution is -0.201. The molecular weight excluding hydrogens is 1010 g/mol. The van der Waals surface area contributed by atoms with E-state index in [1.807, 2.05) is 6.92 Å². The molecule has 5 aliphatic carbocycles. The molecule has 3 aliphatic heterocycles. The normalized spacial score (nSPS) is 29.4. The molecule has 1 spiro atoms. The molecule has 1 aromatic heterocycles. The van der Waals surface area contributed by atoms with Crippen molar-refractivity contribution in [3.05, 3.63) is 174 Å². The molecule has 5 aromatic rings. The molecule has 420 valence electrons. The van der Waals surface area contributed by atoms with Gasteiger partial charge in [0, 0.05) is 58.6 Å². The Bertz CT molecular complexity index is 3310. The average molecular weight is 1090 g/mol. The molecular formula is C68H76O12. The average Bonchev–Trinajstić information content (AvgIpc) is 2.32. The van der Waals surface area contributed by atoms with Gasteiger partial charge in [0.05, 0.1) is 25.4 Å². The largest absolute Gasteiger partial charge is 0.483 e. The minimum Gasteiger partial charge on any atom is -0.483 e. The van der Waals surface area contributed by atoms with E-state index in [0.29, 0.717) is 47.0 Å². The molecule has 13 rings (SSSR count). The molecule has 80 heavy (non-hydrogen) atoms. The summed E-state index contributed by atoms with van der Waals surface area (Å²) in [5.74, 6) is -1.13. The lowest BCUT2D eigenvalue weighted by Crippen LogP contribution is -2.58. The van der Waals surface area contributed by atoms with E-state index in [1.165, 1.54) is 40.7 Å². The van der Waals surface area contributed by atoms with Crippen molar-refractivity contribution in [3.8, 4) is 5.75 Å². The van der Waals surface area contributed by atoms with Crippen LogP contribution >= 0.6 is 0 Å². The van der Waals surface area contributed by atoms with Gasteiger partial charge in [-0.25, -0.2) is 9.59 Å². The summed E-state index contributed by atoms with van der Waals surface area (Å²) in [6.45, 7) is 1.64. The summed E-state index contributed by atoms with van der Waals surface area (Å²) >= 11 is 0. The quantitative estimate of drug-likeness (QED) is 0.0342. The van der Waals surface area contributed by atoms with E-state index in [0.717, 1.165) is 62.5 Å². The van der Waals surface area contributed by atoms with Crippen LogP contribution in [0.15, 0.2) is 117 Å². The van der Waals surface area contributed by atoms with Gasteiger partial charge >= 0.3 is 17.6 Å². The summed E-state index contributed by atoms with van der Waals surface area (Å²) in [5, 5.41) is 41.8. The van der Waals surface area contributed by atoms with E-state index in [-0.39, 0.29) is 90.4 Å². The molecule has 12 nitrogen and oxygen atoms in total. The predicted molar refractivity (Wildman–Crippen MR) is 304 cm³/mol. The molecule has 0 amide bonds.